The van der Waals surface area contributed by atoms with Crippen molar-refractivity contribution in [2.24, 2.45) is 5.92 Å². The number of halogens is 3. The highest BCUT2D eigenvalue weighted by molar-refractivity contribution is 7.89. The molecule has 0 bridgehead atoms. The SMILES string of the molecule is CC(C)C(CC(=O)O)NS(=O)(=O)c1c(F)cc(F)cc1F. The molecule has 0 amide bonds. The van der Waals surface area contributed by atoms with Gasteiger partial charge >= 0.3 is 5.97 Å². The summed E-state index contributed by atoms with van der Waals surface area (Å²) >= 11 is 0. The van der Waals surface area contributed by atoms with Gasteiger partial charge < -0.3 is 5.11 Å². The Hall–Kier alpha value is -1.61. The number of carbonyl (C=O) groups is 1. The van der Waals surface area contributed by atoms with Crippen LogP contribution in [0.15, 0.2) is 17.0 Å². The lowest BCUT2D eigenvalue weighted by atomic mass is 10.0. The first-order chi connectivity index (χ1) is 9.54. The van der Waals surface area contributed by atoms with Crippen molar-refractivity contribution in [3.05, 3.63) is 29.6 Å². The molecule has 0 aliphatic carbocycles. The smallest absolute Gasteiger partial charge is 0.304 e. The van der Waals surface area contributed by atoms with Gasteiger partial charge in [-0.1, -0.05) is 13.8 Å². The van der Waals surface area contributed by atoms with E-state index in [1.165, 1.54) is 0 Å². The van der Waals surface area contributed by atoms with E-state index in [-0.39, 0.29) is 12.1 Å². The van der Waals surface area contributed by atoms with Gasteiger partial charge in [0.15, 0.2) is 4.90 Å². The van der Waals surface area contributed by atoms with Crippen LogP contribution in [0.4, 0.5) is 13.2 Å². The van der Waals surface area contributed by atoms with E-state index >= 15 is 0 Å². The van der Waals surface area contributed by atoms with Crippen molar-refractivity contribution < 1.29 is 31.5 Å². The summed E-state index contributed by atoms with van der Waals surface area (Å²) in [5, 5.41) is 8.71. The van der Waals surface area contributed by atoms with E-state index in [1.54, 1.807) is 13.8 Å². The molecule has 1 unspecified atom stereocenters. The number of nitrogens with one attached hydrogen (secondary N) is 1. The number of carboxylic acid groups (broad SMARTS) is 1. The third-order valence-electron chi connectivity index (χ3n) is 2.74. The lowest BCUT2D eigenvalue weighted by Gasteiger charge is -2.20. The molecule has 1 rings (SSSR count). The average Bonchev–Trinajstić information content (AvgIpc) is 2.24. The van der Waals surface area contributed by atoms with Crippen molar-refractivity contribution >= 4 is 16.0 Å². The minimum absolute atomic E-state index is 0.235. The fourth-order valence-electron chi connectivity index (χ4n) is 1.65. The van der Waals surface area contributed by atoms with Gasteiger partial charge in [0.25, 0.3) is 0 Å². The summed E-state index contributed by atoms with van der Waals surface area (Å²) in [7, 11) is -4.66. The zero-order valence-corrected chi connectivity index (χ0v) is 12.0. The highest BCUT2D eigenvalue weighted by Crippen LogP contribution is 2.21. The Kier molecular flexibility index (Phi) is 5.35. The number of benzene rings is 1. The maximum atomic E-state index is 13.5. The van der Waals surface area contributed by atoms with E-state index in [1.807, 2.05) is 4.72 Å². The van der Waals surface area contributed by atoms with Gasteiger partial charge in [0.1, 0.15) is 17.5 Å². The quantitative estimate of drug-likeness (QED) is 0.836. The summed E-state index contributed by atoms with van der Waals surface area (Å²) < 4.78 is 65.7. The summed E-state index contributed by atoms with van der Waals surface area (Å²) in [6.45, 7) is 3.10. The Morgan fingerprint density at radius 2 is 1.71 bits per heavy atom. The maximum absolute atomic E-state index is 13.5. The maximum Gasteiger partial charge on any atom is 0.304 e. The molecule has 0 radical (unpaired) electrons. The molecule has 5 nitrogen and oxygen atoms in total. The number of sulfonamides is 1. The third kappa shape index (κ3) is 4.43. The van der Waals surface area contributed by atoms with Crippen molar-refractivity contribution in [2.45, 2.75) is 31.2 Å². The Morgan fingerprint density at radius 1 is 1.24 bits per heavy atom. The molecule has 1 aromatic rings. The molecule has 0 spiro atoms. The molecule has 0 saturated carbocycles. The molecule has 0 heterocycles. The first-order valence-electron chi connectivity index (χ1n) is 5.93. The molecule has 1 atom stereocenters. The van der Waals surface area contributed by atoms with Gasteiger partial charge in [-0.05, 0) is 5.92 Å². The normalized spacial score (nSPS) is 13.4. The van der Waals surface area contributed by atoms with E-state index < -0.39 is 56.7 Å². The Labute approximate surface area is 119 Å². The first-order valence-corrected chi connectivity index (χ1v) is 7.41. The predicted octanol–water partition coefficient (Wildman–Crippen LogP) is 1.88. The molecule has 9 heteroatoms. The van der Waals surface area contributed by atoms with Gasteiger partial charge in [-0.25, -0.2) is 26.3 Å². The first kappa shape index (κ1) is 17.4. The summed E-state index contributed by atoms with van der Waals surface area (Å²) in [4.78, 5) is 9.35. The summed E-state index contributed by atoms with van der Waals surface area (Å²) in [5.41, 5.74) is 0. The minimum atomic E-state index is -4.66. The van der Waals surface area contributed by atoms with E-state index in [0.29, 0.717) is 0 Å². The number of aliphatic carboxylic acids is 1. The Morgan fingerprint density at radius 3 is 2.10 bits per heavy atom. The van der Waals surface area contributed by atoms with Crippen LogP contribution in [0.3, 0.4) is 0 Å². The average molecular weight is 325 g/mol. The van der Waals surface area contributed by atoms with Crippen LogP contribution in [0.2, 0.25) is 0 Å². The standard InChI is InChI=1S/C12H14F3NO4S/c1-6(2)10(5-11(17)18)16-21(19,20)12-8(14)3-7(13)4-9(12)15/h3-4,6,10,16H,5H2,1-2H3,(H,17,18). The Bertz CT molecular complexity index is 623. The Balaban J connectivity index is 3.20. The lowest BCUT2D eigenvalue weighted by molar-refractivity contribution is -0.137. The summed E-state index contributed by atoms with van der Waals surface area (Å²) in [6, 6.07) is -0.588. The number of rotatable bonds is 6. The predicted molar refractivity (Wildman–Crippen MR) is 67.5 cm³/mol. The minimum Gasteiger partial charge on any atom is -0.481 e. The molecule has 0 aliphatic rings. The molecule has 21 heavy (non-hydrogen) atoms. The second-order valence-corrected chi connectivity index (χ2v) is 6.42. The van der Waals surface area contributed by atoms with Crippen molar-refractivity contribution in [2.75, 3.05) is 0 Å². The highest BCUT2D eigenvalue weighted by Gasteiger charge is 2.29. The molecular formula is C12H14F3NO4S. The molecule has 0 saturated heterocycles. The van der Waals surface area contributed by atoms with Crippen LogP contribution in [0.5, 0.6) is 0 Å². The molecular weight excluding hydrogens is 311 g/mol. The molecule has 2 N–H and O–H groups in total. The number of hydrogen-bond donors (Lipinski definition) is 2. The van der Waals surface area contributed by atoms with Crippen LogP contribution in [0, 0.1) is 23.4 Å². The van der Waals surface area contributed by atoms with E-state index in [4.69, 9.17) is 5.11 Å². The zero-order valence-electron chi connectivity index (χ0n) is 11.2. The fraction of sp³-hybridized carbons (Fsp3) is 0.417. The summed E-state index contributed by atoms with van der Waals surface area (Å²) in [6.07, 6.45) is -0.554. The van der Waals surface area contributed by atoms with Gasteiger partial charge in [0.05, 0.1) is 6.42 Å². The van der Waals surface area contributed by atoms with Gasteiger partial charge in [0, 0.05) is 18.2 Å². The molecule has 0 fully saturated rings. The van der Waals surface area contributed by atoms with Crippen molar-refractivity contribution in [3.63, 3.8) is 0 Å². The molecule has 0 aromatic heterocycles. The van der Waals surface area contributed by atoms with E-state index in [2.05, 4.69) is 0 Å². The topological polar surface area (TPSA) is 83.5 Å². The second-order valence-electron chi connectivity index (χ2n) is 4.77. The lowest BCUT2D eigenvalue weighted by Crippen LogP contribution is -2.40. The van der Waals surface area contributed by atoms with Crippen molar-refractivity contribution in [1.82, 2.24) is 4.72 Å². The van der Waals surface area contributed by atoms with Gasteiger partial charge in [0.2, 0.25) is 10.0 Å². The van der Waals surface area contributed by atoms with Crippen LogP contribution in [0.1, 0.15) is 20.3 Å². The molecule has 1 aromatic carbocycles. The number of hydrogen-bond acceptors (Lipinski definition) is 3. The highest BCUT2D eigenvalue weighted by atomic mass is 32.2. The van der Waals surface area contributed by atoms with Crippen LogP contribution >= 0.6 is 0 Å². The van der Waals surface area contributed by atoms with Crippen LogP contribution in [0.25, 0.3) is 0 Å². The number of carboxylic acids is 1. The van der Waals surface area contributed by atoms with Gasteiger partial charge in [-0.15, -0.1) is 0 Å². The largest absolute Gasteiger partial charge is 0.481 e. The van der Waals surface area contributed by atoms with Crippen LogP contribution in [-0.4, -0.2) is 25.5 Å². The van der Waals surface area contributed by atoms with Gasteiger partial charge in [-0.3, -0.25) is 4.79 Å². The molecule has 118 valence electrons. The monoisotopic (exact) mass is 325 g/mol. The fourth-order valence-corrected chi connectivity index (χ4v) is 3.15. The summed E-state index contributed by atoms with van der Waals surface area (Å²) in [5.74, 6) is -6.12. The van der Waals surface area contributed by atoms with Crippen LogP contribution in [-0.2, 0) is 14.8 Å². The van der Waals surface area contributed by atoms with Gasteiger partial charge in [-0.2, -0.15) is 0 Å². The second kappa shape index (κ2) is 6.44. The van der Waals surface area contributed by atoms with Crippen molar-refractivity contribution in [3.8, 4) is 0 Å². The van der Waals surface area contributed by atoms with E-state index in [9.17, 15) is 26.4 Å². The zero-order chi connectivity index (χ0) is 16.4. The van der Waals surface area contributed by atoms with Crippen molar-refractivity contribution in [1.29, 1.82) is 0 Å². The van der Waals surface area contributed by atoms with E-state index in [0.717, 1.165) is 0 Å². The van der Waals surface area contributed by atoms with Crippen LogP contribution < -0.4 is 4.72 Å². The molecule has 0 aliphatic heterocycles. The third-order valence-corrected chi connectivity index (χ3v) is 4.28.